The molecule has 0 aromatic heterocycles. The van der Waals surface area contributed by atoms with Gasteiger partial charge in [-0.05, 0) is 30.5 Å². The van der Waals surface area contributed by atoms with E-state index in [9.17, 15) is 19.1 Å². The van der Waals surface area contributed by atoms with Crippen LogP contribution in [0.1, 0.15) is 19.8 Å². The summed E-state index contributed by atoms with van der Waals surface area (Å²) in [4.78, 5) is 21.9. The average molecular weight is 317 g/mol. The van der Waals surface area contributed by atoms with Crippen LogP contribution in [0.15, 0.2) is 22.7 Å². The number of carboxylic acids is 1. The summed E-state index contributed by atoms with van der Waals surface area (Å²) < 4.78 is 14.0. The lowest BCUT2D eigenvalue weighted by molar-refractivity contribution is -0.306. The van der Waals surface area contributed by atoms with E-state index in [2.05, 4.69) is 21.2 Å². The average Bonchev–Trinajstić information content (AvgIpc) is 2.20. The largest absolute Gasteiger partial charge is 0.550 e. The van der Waals surface area contributed by atoms with Crippen LogP contribution in [0.4, 0.5) is 10.1 Å². The summed E-state index contributed by atoms with van der Waals surface area (Å²) in [6, 6.07) is 4.27. The molecule has 0 radical (unpaired) electrons. The number of carboxylic acid groups (broad SMARTS) is 1. The molecule has 4 nitrogen and oxygen atoms in total. The van der Waals surface area contributed by atoms with Crippen LogP contribution < -0.4 is 10.4 Å². The van der Waals surface area contributed by atoms with Crippen LogP contribution in [0, 0.1) is 11.7 Å². The van der Waals surface area contributed by atoms with E-state index < -0.39 is 17.7 Å². The van der Waals surface area contributed by atoms with Gasteiger partial charge in [0.2, 0.25) is 5.91 Å². The molecular weight excluding hydrogens is 305 g/mol. The second kappa shape index (κ2) is 6.49. The number of carbonyl (C=O) groups excluding carboxylic acids is 2. The fourth-order valence-corrected chi connectivity index (χ4v) is 1.80. The first-order valence-electron chi connectivity index (χ1n) is 5.33. The molecule has 18 heavy (non-hydrogen) atoms. The smallest absolute Gasteiger partial charge is 0.224 e. The van der Waals surface area contributed by atoms with Crippen molar-refractivity contribution in [2.45, 2.75) is 19.8 Å². The van der Waals surface area contributed by atoms with Crippen molar-refractivity contribution >= 4 is 33.5 Å². The van der Waals surface area contributed by atoms with Crippen LogP contribution in [0.3, 0.4) is 0 Å². The molecule has 0 spiro atoms. The zero-order valence-corrected chi connectivity index (χ0v) is 11.3. The van der Waals surface area contributed by atoms with Crippen LogP contribution in [-0.2, 0) is 9.59 Å². The Kier molecular flexibility index (Phi) is 5.27. The Morgan fingerprint density at radius 1 is 1.44 bits per heavy atom. The van der Waals surface area contributed by atoms with Gasteiger partial charge in [0.25, 0.3) is 0 Å². The van der Waals surface area contributed by atoms with Crippen molar-refractivity contribution in [1.29, 1.82) is 0 Å². The minimum Gasteiger partial charge on any atom is -0.550 e. The van der Waals surface area contributed by atoms with Crippen molar-refractivity contribution in [3.63, 3.8) is 0 Å². The van der Waals surface area contributed by atoms with Gasteiger partial charge in [-0.3, -0.25) is 4.79 Å². The van der Waals surface area contributed by atoms with E-state index in [1.54, 1.807) is 13.0 Å². The molecular formula is C12H12BrFNO3-. The molecule has 0 aliphatic carbocycles. The maximum atomic E-state index is 13.4. The third-order valence-corrected chi connectivity index (χ3v) is 2.75. The fraction of sp³-hybridized carbons (Fsp3) is 0.333. The molecule has 1 rings (SSSR count). The van der Waals surface area contributed by atoms with Crippen LogP contribution in [0.5, 0.6) is 0 Å². The predicted molar refractivity (Wildman–Crippen MR) is 66.1 cm³/mol. The topological polar surface area (TPSA) is 69.2 Å². The van der Waals surface area contributed by atoms with Crippen molar-refractivity contribution in [2.75, 3.05) is 5.32 Å². The molecule has 98 valence electrons. The molecule has 0 aliphatic rings. The first-order chi connectivity index (χ1) is 8.38. The Labute approximate surface area is 112 Å². The third-order valence-electron chi connectivity index (χ3n) is 2.25. The highest BCUT2D eigenvalue weighted by molar-refractivity contribution is 9.10. The first-order valence-corrected chi connectivity index (χ1v) is 6.12. The van der Waals surface area contributed by atoms with Crippen molar-refractivity contribution < 1.29 is 19.1 Å². The zero-order chi connectivity index (χ0) is 13.7. The van der Waals surface area contributed by atoms with Gasteiger partial charge in [0.1, 0.15) is 5.82 Å². The maximum Gasteiger partial charge on any atom is 0.224 e. The van der Waals surface area contributed by atoms with E-state index in [-0.39, 0.29) is 24.4 Å². The minimum atomic E-state index is -1.20. The number of hydrogen-bond acceptors (Lipinski definition) is 3. The normalized spacial score (nSPS) is 11.9. The summed E-state index contributed by atoms with van der Waals surface area (Å²) in [6.07, 6.45) is -0.195. The molecule has 6 heteroatoms. The van der Waals surface area contributed by atoms with Gasteiger partial charge < -0.3 is 15.2 Å². The SMILES string of the molecule is C[C@H](CC(=O)[O-])CC(=O)Nc1ccc(Br)cc1F. The molecule has 0 fully saturated rings. The van der Waals surface area contributed by atoms with Crippen LogP contribution in [0.2, 0.25) is 0 Å². The standard InChI is InChI=1S/C12H13BrFNO3/c1-7(5-12(17)18)4-11(16)15-10-3-2-8(13)6-9(10)14/h2-3,6-7H,4-5H2,1H3,(H,15,16)(H,17,18)/p-1/t7-/m0/s1. The Balaban J connectivity index is 2.56. The van der Waals surface area contributed by atoms with Crippen molar-refractivity contribution in [1.82, 2.24) is 0 Å². The number of amides is 1. The van der Waals surface area contributed by atoms with Gasteiger partial charge in [-0.1, -0.05) is 22.9 Å². The third kappa shape index (κ3) is 4.83. The van der Waals surface area contributed by atoms with Gasteiger partial charge in [-0.25, -0.2) is 4.39 Å². The van der Waals surface area contributed by atoms with Crippen molar-refractivity contribution in [3.05, 3.63) is 28.5 Å². The van der Waals surface area contributed by atoms with Gasteiger partial charge in [0.05, 0.1) is 5.69 Å². The molecule has 0 aliphatic heterocycles. The summed E-state index contributed by atoms with van der Waals surface area (Å²) in [7, 11) is 0. The highest BCUT2D eigenvalue weighted by Crippen LogP contribution is 2.20. The molecule has 0 saturated heterocycles. The second-order valence-corrected chi connectivity index (χ2v) is 4.97. The number of nitrogens with one attached hydrogen (secondary N) is 1. The maximum absolute atomic E-state index is 13.4. The molecule has 0 heterocycles. The Bertz CT molecular complexity index is 465. The summed E-state index contributed by atoms with van der Waals surface area (Å²) in [6.45, 7) is 1.62. The van der Waals surface area contributed by atoms with Crippen molar-refractivity contribution in [2.24, 2.45) is 5.92 Å². The first kappa shape index (κ1) is 14.6. The summed E-state index contributed by atoms with van der Waals surface area (Å²) in [5.41, 5.74) is 0.0730. The lowest BCUT2D eigenvalue weighted by Crippen LogP contribution is -2.26. The van der Waals surface area contributed by atoms with E-state index in [4.69, 9.17) is 0 Å². The molecule has 1 amide bonds. The lowest BCUT2D eigenvalue weighted by atomic mass is 10.0. The monoisotopic (exact) mass is 316 g/mol. The van der Waals surface area contributed by atoms with Gasteiger partial charge in [-0.2, -0.15) is 0 Å². The van der Waals surface area contributed by atoms with E-state index in [0.717, 1.165) is 0 Å². The highest BCUT2D eigenvalue weighted by atomic mass is 79.9. The Hall–Kier alpha value is -1.43. The molecule has 0 bridgehead atoms. The molecule has 1 atom stereocenters. The predicted octanol–water partition coefficient (Wildman–Crippen LogP) is 1.69. The van der Waals surface area contributed by atoms with Crippen LogP contribution in [0.25, 0.3) is 0 Å². The van der Waals surface area contributed by atoms with Gasteiger partial charge in [0.15, 0.2) is 0 Å². The quantitative estimate of drug-likeness (QED) is 0.898. The van der Waals surface area contributed by atoms with Crippen LogP contribution in [-0.4, -0.2) is 11.9 Å². The van der Waals surface area contributed by atoms with Gasteiger partial charge >= 0.3 is 0 Å². The molecule has 1 N–H and O–H groups in total. The van der Waals surface area contributed by atoms with Gasteiger partial charge in [0, 0.05) is 16.9 Å². The Morgan fingerprint density at radius 2 is 2.11 bits per heavy atom. The van der Waals surface area contributed by atoms with E-state index >= 15 is 0 Å². The zero-order valence-electron chi connectivity index (χ0n) is 9.70. The molecule has 1 aromatic carbocycles. The summed E-state index contributed by atoms with van der Waals surface area (Å²) in [5.74, 6) is -2.53. The molecule has 1 aromatic rings. The summed E-state index contributed by atoms with van der Waals surface area (Å²) >= 11 is 3.11. The van der Waals surface area contributed by atoms with E-state index in [0.29, 0.717) is 4.47 Å². The minimum absolute atomic E-state index is 0.00346. The highest BCUT2D eigenvalue weighted by Gasteiger charge is 2.11. The van der Waals surface area contributed by atoms with Crippen LogP contribution >= 0.6 is 15.9 Å². The molecule has 0 saturated carbocycles. The lowest BCUT2D eigenvalue weighted by Gasteiger charge is -2.12. The van der Waals surface area contributed by atoms with E-state index in [1.807, 2.05) is 0 Å². The fourth-order valence-electron chi connectivity index (χ4n) is 1.47. The number of rotatable bonds is 5. The number of hydrogen-bond donors (Lipinski definition) is 1. The number of halogens is 2. The summed E-state index contributed by atoms with van der Waals surface area (Å²) in [5, 5.41) is 12.7. The second-order valence-electron chi connectivity index (χ2n) is 4.06. The number of carbonyl (C=O) groups is 2. The van der Waals surface area contributed by atoms with E-state index in [1.165, 1.54) is 12.1 Å². The Morgan fingerprint density at radius 3 is 2.67 bits per heavy atom. The number of benzene rings is 1. The number of aliphatic carboxylic acids is 1. The number of anilines is 1. The molecule has 0 unspecified atom stereocenters. The van der Waals surface area contributed by atoms with Crippen molar-refractivity contribution in [3.8, 4) is 0 Å². The van der Waals surface area contributed by atoms with Gasteiger partial charge in [-0.15, -0.1) is 0 Å².